The molecule has 0 saturated heterocycles. The van der Waals surface area contributed by atoms with Crippen molar-refractivity contribution in [3.8, 4) is 0 Å². The molecule has 0 bridgehead atoms. The van der Waals surface area contributed by atoms with Gasteiger partial charge in [-0.2, -0.15) is 0 Å². The Labute approximate surface area is 210 Å². The molecular weight excluding hydrogens is 444 g/mol. The Morgan fingerprint density at radius 1 is 1.17 bits per heavy atom. The van der Waals surface area contributed by atoms with Gasteiger partial charge in [0.2, 0.25) is 0 Å². The average Bonchev–Trinajstić information content (AvgIpc) is 3.03. The van der Waals surface area contributed by atoms with Crippen LogP contribution in [0.1, 0.15) is 99.3 Å². The second-order valence-corrected chi connectivity index (χ2v) is 13.4. The van der Waals surface area contributed by atoms with E-state index < -0.39 is 22.7 Å². The topological polar surface area (TPSA) is 104 Å². The molecule has 4 aliphatic rings. The Kier molecular flexibility index (Phi) is 6.86. The number of hydrogen-bond donors (Lipinski definition) is 3. The SMILES string of the molecule is CC(=O)O[C@@H]1CC[C@@]2(C)[C@@H](C1)C(=O)C=C1[C@@H]2CC[C@]2(C)[C@@H]([C@@H](C)[C@H](O)CCC(C)(C)O)CC[C@]12O. The lowest BCUT2D eigenvalue weighted by atomic mass is 9.46. The van der Waals surface area contributed by atoms with Gasteiger partial charge < -0.3 is 20.1 Å². The van der Waals surface area contributed by atoms with Crippen LogP contribution >= 0.6 is 0 Å². The molecule has 0 aromatic heterocycles. The number of rotatable bonds is 6. The minimum Gasteiger partial charge on any atom is -0.463 e. The highest BCUT2D eigenvalue weighted by molar-refractivity contribution is 5.95. The van der Waals surface area contributed by atoms with E-state index in [4.69, 9.17) is 4.74 Å². The molecule has 0 radical (unpaired) electrons. The summed E-state index contributed by atoms with van der Waals surface area (Å²) in [7, 11) is 0. The van der Waals surface area contributed by atoms with Crippen LogP contribution in [0.4, 0.5) is 0 Å². The first-order valence-corrected chi connectivity index (χ1v) is 13.7. The van der Waals surface area contributed by atoms with E-state index in [0.717, 1.165) is 37.7 Å². The second kappa shape index (κ2) is 8.95. The van der Waals surface area contributed by atoms with E-state index in [1.807, 2.05) is 0 Å². The lowest BCUT2D eigenvalue weighted by Crippen LogP contribution is -2.59. The average molecular weight is 491 g/mol. The third kappa shape index (κ3) is 4.42. The minimum absolute atomic E-state index is 0.00433. The highest BCUT2D eigenvalue weighted by atomic mass is 16.5. The van der Waals surface area contributed by atoms with Gasteiger partial charge in [-0.1, -0.05) is 20.8 Å². The van der Waals surface area contributed by atoms with Crippen molar-refractivity contribution >= 4 is 11.8 Å². The highest BCUT2D eigenvalue weighted by Gasteiger charge is 2.66. The van der Waals surface area contributed by atoms with Crippen molar-refractivity contribution < 1.29 is 29.6 Å². The molecule has 35 heavy (non-hydrogen) atoms. The van der Waals surface area contributed by atoms with Gasteiger partial charge in [0.05, 0.1) is 17.3 Å². The molecule has 0 amide bonds. The van der Waals surface area contributed by atoms with Crippen LogP contribution in [0.3, 0.4) is 0 Å². The van der Waals surface area contributed by atoms with Crippen LogP contribution in [0.5, 0.6) is 0 Å². The number of carbonyl (C=O) groups is 2. The van der Waals surface area contributed by atoms with Crippen molar-refractivity contribution in [3.63, 3.8) is 0 Å². The van der Waals surface area contributed by atoms with Crippen LogP contribution in [0.2, 0.25) is 0 Å². The zero-order valence-corrected chi connectivity index (χ0v) is 22.5. The maximum absolute atomic E-state index is 13.5. The molecular formula is C29H46O6. The van der Waals surface area contributed by atoms with Crippen LogP contribution in [0, 0.1) is 34.5 Å². The number of aliphatic hydroxyl groups is 3. The van der Waals surface area contributed by atoms with Gasteiger partial charge in [0.1, 0.15) is 6.10 Å². The number of hydrogen-bond acceptors (Lipinski definition) is 6. The van der Waals surface area contributed by atoms with Gasteiger partial charge in [-0.25, -0.2) is 0 Å². The summed E-state index contributed by atoms with van der Waals surface area (Å²) >= 11 is 0. The summed E-state index contributed by atoms with van der Waals surface area (Å²) in [5.74, 6) is -0.119. The van der Waals surface area contributed by atoms with Gasteiger partial charge in [0, 0.05) is 18.3 Å². The molecule has 6 heteroatoms. The molecule has 0 aromatic carbocycles. The van der Waals surface area contributed by atoms with Crippen LogP contribution < -0.4 is 0 Å². The molecule has 6 nitrogen and oxygen atoms in total. The van der Waals surface area contributed by atoms with Gasteiger partial charge >= 0.3 is 5.97 Å². The number of allylic oxidation sites excluding steroid dienone is 1. The van der Waals surface area contributed by atoms with Gasteiger partial charge in [-0.05, 0) is 106 Å². The summed E-state index contributed by atoms with van der Waals surface area (Å²) in [4.78, 5) is 25.0. The van der Waals surface area contributed by atoms with Crippen LogP contribution in [0.15, 0.2) is 11.6 Å². The van der Waals surface area contributed by atoms with E-state index in [-0.39, 0.29) is 46.9 Å². The lowest BCUT2D eigenvalue weighted by molar-refractivity contribution is -0.158. The number of fused-ring (bicyclic) bond motifs is 5. The Hall–Kier alpha value is -1.24. The fourth-order valence-electron chi connectivity index (χ4n) is 8.56. The van der Waals surface area contributed by atoms with Crippen molar-refractivity contribution in [2.24, 2.45) is 34.5 Å². The molecule has 198 valence electrons. The molecule has 4 aliphatic carbocycles. The Bertz CT molecular complexity index is 888. The molecule has 0 unspecified atom stereocenters. The fourth-order valence-corrected chi connectivity index (χ4v) is 8.56. The first kappa shape index (κ1) is 26.8. The van der Waals surface area contributed by atoms with E-state index >= 15 is 0 Å². The Morgan fingerprint density at radius 2 is 1.86 bits per heavy atom. The number of ketones is 1. The van der Waals surface area contributed by atoms with Crippen molar-refractivity contribution in [2.75, 3.05) is 0 Å². The summed E-state index contributed by atoms with van der Waals surface area (Å²) in [6.45, 7) is 11.4. The van der Waals surface area contributed by atoms with Gasteiger partial charge in [0.25, 0.3) is 0 Å². The van der Waals surface area contributed by atoms with Crippen molar-refractivity contribution in [3.05, 3.63) is 11.6 Å². The van der Waals surface area contributed by atoms with Gasteiger partial charge in [0.15, 0.2) is 5.78 Å². The summed E-state index contributed by atoms with van der Waals surface area (Å²) in [5.41, 5.74) is -1.57. The first-order valence-electron chi connectivity index (χ1n) is 13.7. The van der Waals surface area contributed by atoms with Crippen LogP contribution in [-0.4, -0.2) is 50.5 Å². The van der Waals surface area contributed by atoms with Crippen molar-refractivity contribution in [1.29, 1.82) is 0 Å². The molecule has 4 rings (SSSR count). The molecule has 3 fully saturated rings. The smallest absolute Gasteiger partial charge is 0.302 e. The predicted octanol–water partition coefficient (Wildman–Crippen LogP) is 4.34. The van der Waals surface area contributed by atoms with E-state index in [2.05, 4.69) is 20.8 Å². The van der Waals surface area contributed by atoms with E-state index in [1.54, 1.807) is 19.9 Å². The summed E-state index contributed by atoms with van der Waals surface area (Å²) in [6, 6.07) is 0. The quantitative estimate of drug-likeness (QED) is 0.479. The summed E-state index contributed by atoms with van der Waals surface area (Å²) in [6.07, 6.45) is 7.43. The van der Waals surface area contributed by atoms with E-state index in [0.29, 0.717) is 25.7 Å². The van der Waals surface area contributed by atoms with Crippen LogP contribution in [-0.2, 0) is 14.3 Å². The largest absolute Gasteiger partial charge is 0.463 e. The lowest BCUT2D eigenvalue weighted by Gasteiger charge is -2.60. The molecule has 0 aliphatic heterocycles. The normalized spacial score (nSPS) is 42.9. The Balaban J connectivity index is 1.59. The number of ether oxygens (including phenoxy) is 1. The first-order chi connectivity index (χ1) is 16.1. The number of esters is 1. The van der Waals surface area contributed by atoms with Crippen molar-refractivity contribution in [2.45, 2.75) is 123 Å². The summed E-state index contributed by atoms with van der Waals surface area (Å²) in [5, 5.41) is 33.4. The highest BCUT2D eigenvalue weighted by Crippen LogP contribution is 2.68. The maximum atomic E-state index is 13.5. The molecule has 0 heterocycles. The van der Waals surface area contributed by atoms with E-state index in [9.17, 15) is 24.9 Å². The molecule has 9 atom stereocenters. The number of aliphatic hydroxyl groups excluding tert-OH is 1. The second-order valence-electron chi connectivity index (χ2n) is 13.4. The van der Waals surface area contributed by atoms with Crippen LogP contribution in [0.25, 0.3) is 0 Å². The van der Waals surface area contributed by atoms with Gasteiger partial charge in [-0.3, -0.25) is 9.59 Å². The third-order valence-electron chi connectivity index (χ3n) is 10.7. The standard InChI is InChI=1S/C29H46O6/c1-17(24(31)10-11-26(3,4)33)20-9-14-29(34)22-16-25(32)23-15-19(35-18(2)30)7-12-27(23,5)21(22)8-13-28(20,29)6/h16-17,19-21,23-24,31,33-34H,7-15H2,1-6H3/t17-,19-,20-,21+,23+,24-,27-,28-,29+/m1/s1. The molecule has 0 aromatic rings. The zero-order chi connectivity index (χ0) is 26.0. The molecule has 3 N–H and O–H groups in total. The maximum Gasteiger partial charge on any atom is 0.302 e. The number of carbonyl (C=O) groups excluding carboxylic acids is 2. The third-order valence-corrected chi connectivity index (χ3v) is 10.7. The molecule has 3 saturated carbocycles. The molecule has 0 spiro atoms. The summed E-state index contributed by atoms with van der Waals surface area (Å²) < 4.78 is 5.48. The monoisotopic (exact) mass is 490 g/mol. The van der Waals surface area contributed by atoms with Gasteiger partial charge in [-0.15, -0.1) is 0 Å². The van der Waals surface area contributed by atoms with Crippen molar-refractivity contribution in [1.82, 2.24) is 0 Å². The fraction of sp³-hybridized carbons (Fsp3) is 0.862. The minimum atomic E-state index is -1.04. The predicted molar refractivity (Wildman–Crippen MR) is 133 cm³/mol. The Morgan fingerprint density at radius 3 is 2.49 bits per heavy atom. The zero-order valence-electron chi connectivity index (χ0n) is 22.5. The van der Waals surface area contributed by atoms with E-state index in [1.165, 1.54) is 6.92 Å².